The molecule has 2 rings (SSSR count). The lowest BCUT2D eigenvalue weighted by atomic mass is 10.2. The van der Waals surface area contributed by atoms with Gasteiger partial charge in [0, 0.05) is 6.07 Å². The summed E-state index contributed by atoms with van der Waals surface area (Å²) < 4.78 is 11.3. The highest BCUT2D eigenvalue weighted by atomic mass is 79.9. The minimum atomic E-state index is -0.452. The summed E-state index contributed by atoms with van der Waals surface area (Å²) in [4.78, 5) is 10.3. The van der Waals surface area contributed by atoms with Crippen LogP contribution in [0.4, 0.5) is 5.69 Å². The predicted octanol–water partition coefficient (Wildman–Crippen LogP) is 3.94. The number of rotatable bonds is 5. The van der Waals surface area contributed by atoms with Crippen molar-refractivity contribution in [3.05, 3.63) is 62.6 Å². The number of nitrogens with zero attached hydrogens (tertiary/aromatic N) is 1. The van der Waals surface area contributed by atoms with Crippen molar-refractivity contribution in [2.45, 2.75) is 6.61 Å². The molecule has 0 aliphatic rings. The van der Waals surface area contributed by atoms with Crippen LogP contribution in [0.2, 0.25) is 0 Å². The lowest BCUT2D eigenvalue weighted by Gasteiger charge is -2.08. The molecule has 0 aromatic heterocycles. The van der Waals surface area contributed by atoms with E-state index in [9.17, 15) is 10.1 Å². The van der Waals surface area contributed by atoms with Crippen LogP contribution in [0.15, 0.2) is 46.9 Å². The monoisotopic (exact) mass is 337 g/mol. The van der Waals surface area contributed by atoms with Crippen LogP contribution in [-0.2, 0) is 6.61 Å². The summed E-state index contributed by atoms with van der Waals surface area (Å²) in [6.07, 6.45) is 0. The fourth-order valence-electron chi connectivity index (χ4n) is 1.60. The molecule has 0 saturated carbocycles. The first-order chi connectivity index (χ1) is 9.60. The molecule has 0 bridgehead atoms. The summed E-state index contributed by atoms with van der Waals surface area (Å²) in [5.41, 5.74) is 0.946. The molecule has 0 unspecified atom stereocenters. The minimum Gasteiger partial charge on any atom is -0.497 e. The molecule has 104 valence electrons. The highest BCUT2D eigenvalue weighted by Gasteiger charge is 2.10. The van der Waals surface area contributed by atoms with Crippen LogP contribution in [-0.4, -0.2) is 12.0 Å². The topological polar surface area (TPSA) is 61.6 Å². The van der Waals surface area contributed by atoms with Crippen LogP contribution in [0.25, 0.3) is 0 Å². The van der Waals surface area contributed by atoms with E-state index < -0.39 is 4.92 Å². The molecule has 0 atom stereocenters. The van der Waals surface area contributed by atoms with Gasteiger partial charge in [0.1, 0.15) is 18.1 Å². The number of nitro benzene ring substituents is 1. The maximum Gasteiger partial charge on any atom is 0.273 e. The molecule has 0 radical (unpaired) electrons. The van der Waals surface area contributed by atoms with Gasteiger partial charge < -0.3 is 9.47 Å². The maximum atomic E-state index is 10.7. The van der Waals surface area contributed by atoms with Gasteiger partial charge in [-0.2, -0.15) is 0 Å². The van der Waals surface area contributed by atoms with Gasteiger partial charge in [0.15, 0.2) is 0 Å². The van der Waals surface area contributed by atoms with Gasteiger partial charge in [0.2, 0.25) is 0 Å². The summed E-state index contributed by atoms with van der Waals surface area (Å²) in [5, 5.41) is 10.7. The number of non-ortho nitro benzene ring substituents is 1. The molecule has 6 heteroatoms. The third-order valence-electron chi connectivity index (χ3n) is 2.68. The van der Waals surface area contributed by atoms with Crippen molar-refractivity contribution in [3.8, 4) is 11.5 Å². The average molecular weight is 338 g/mol. The highest BCUT2D eigenvalue weighted by Crippen LogP contribution is 2.30. The summed E-state index contributed by atoms with van der Waals surface area (Å²) >= 11 is 3.31. The van der Waals surface area contributed by atoms with Crippen LogP contribution in [0.1, 0.15) is 5.56 Å². The molecule has 0 spiro atoms. The lowest BCUT2D eigenvalue weighted by molar-refractivity contribution is -0.385. The Morgan fingerprint density at radius 3 is 2.50 bits per heavy atom. The van der Waals surface area contributed by atoms with Crippen LogP contribution < -0.4 is 9.47 Å². The van der Waals surface area contributed by atoms with Crippen molar-refractivity contribution >= 4 is 21.6 Å². The summed E-state index contributed by atoms with van der Waals surface area (Å²) in [6, 6.07) is 11.8. The summed E-state index contributed by atoms with van der Waals surface area (Å²) in [6.45, 7) is 0.323. The zero-order valence-corrected chi connectivity index (χ0v) is 12.3. The first kappa shape index (κ1) is 14.3. The van der Waals surface area contributed by atoms with Crippen molar-refractivity contribution in [2.75, 3.05) is 7.11 Å². The second kappa shape index (κ2) is 6.38. The lowest BCUT2D eigenvalue weighted by Crippen LogP contribution is -1.97. The largest absolute Gasteiger partial charge is 0.497 e. The number of hydrogen-bond donors (Lipinski definition) is 0. The number of halogens is 1. The first-order valence-corrected chi connectivity index (χ1v) is 6.59. The molecule has 20 heavy (non-hydrogen) atoms. The third kappa shape index (κ3) is 3.48. The normalized spacial score (nSPS) is 10.1. The Labute approximate surface area is 124 Å². The molecule has 5 nitrogen and oxygen atoms in total. The molecule has 0 fully saturated rings. The molecule has 0 amide bonds. The van der Waals surface area contributed by atoms with Crippen LogP contribution in [0.5, 0.6) is 11.5 Å². The zero-order chi connectivity index (χ0) is 14.5. The van der Waals surface area contributed by atoms with E-state index in [4.69, 9.17) is 9.47 Å². The second-order valence-corrected chi connectivity index (χ2v) is 4.86. The van der Waals surface area contributed by atoms with E-state index >= 15 is 0 Å². The Morgan fingerprint density at radius 1 is 1.20 bits per heavy atom. The fraction of sp³-hybridized carbons (Fsp3) is 0.143. The highest BCUT2D eigenvalue weighted by molar-refractivity contribution is 9.10. The third-order valence-corrected chi connectivity index (χ3v) is 3.33. The van der Waals surface area contributed by atoms with E-state index in [1.54, 1.807) is 13.2 Å². The van der Waals surface area contributed by atoms with Crippen LogP contribution in [0, 0.1) is 10.1 Å². The fourth-order valence-corrected chi connectivity index (χ4v) is 1.96. The van der Waals surface area contributed by atoms with Crippen molar-refractivity contribution < 1.29 is 14.4 Å². The van der Waals surface area contributed by atoms with Gasteiger partial charge in [-0.3, -0.25) is 10.1 Å². The first-order valence-electron chi connectivity index (χ1n) is 5.80. The molecule has 2 aromatic carbocycles. The quantitative estimate of drug-likeness (QED) is 0.612. The van der Waals surface area contributed by atoms with Crippen molar-refractivity contribution in [2.24, 2.45) is 0 Å². The molecule has 2 aromatic rings. The SMILES string of the molecule is COc1ccc(COc2cc([N+](=O)[O-])ccc2Br)cc1. The van der Waals surface area contributed by atoms with Gasteiger partial charge in [-0.25, -0.2) is 0 Å². The van der Waals surface area contributed by atoms with Crippen molar-refractivity contribution in [1.82, 2.24) is 0 Å². The van der Waals surface area contributed by atoms with Crippen LogP contribution >= 0.6 is 15.9 Å². The Balaban J connectivity index is 2.09. The van der Waals surface area contributed by atoms with Crippen molar-refractivity contribution in [1.29, 1.82) is 0 Å². The molecule has 0 saturated heterocycles. The number of methoxy groups -OCH3 is 1. The summed E-state index contributed by atoms with van der Waals surface area (Å²) in [7, 11) is 1.60. The van der Waals surface area contributed by atoms with Gasteiger partial charge >= 0.3 is 0 Å². The Kier molecular flexibility index (Phi) is 4.57. The minimum absolute atomic E-state index is 0.00192. The molecule has 0 heterocycles. The molecule has 0 aliphatic carbocycles. The number of hydrogen-bond acceptors (Lipinski definition) is 4. The molecule has 0 aliphatic heterocycles. The second-order valence-electron chi connectivity index (χ2n) is 4.01. The Morgan fingerprint density at radius 2 is 1.90 bits per heavy atom. The maximum absolute atomic E-state index is 10.7. The zero-order valence-electron chi connectivity index (χ0n) is 10.7. The van der Waals surface area contributed by atoms with E-state index in [0.717, 1.165) is 11.3 Å². The van der Waals surface area contributed by atoms with E-state index in [0.29, 0.717) is 16.8 Å². The van der Waals surface area contributed by atoms with Crippen molar-refractivity contribution in [3.63, 3.8) is 0 Å². The van der Waals surface area contributed by atoms with E-state index in [-0.39, 0.29) is 5.69 Å². The predicted molar refractivity (Wildman–Crippen MR) is 78.1 cm³/mol. The number of nitro groups is 1. The van der Waals surface area contributed by atoms with Gasteiger partial charge in [-0.05, 0) is 39.7 Å². The number of benzene rings is 2. The number of ether oxygens (including phenoxy) is 2. The van der Waals surface area contributed by atoms with Gasteiger partial charge in [-0.1, -0.05) is 12.1 Å². The molecular formula is C14H12BrNO4. The van der Waals surface area contributed by atoms with Crippen LogP contribution in [0.3, 0.4) is 0 Å². The average Bonchev–Trinajstić information content (AvgIpc) is 2.46. The summed E-state index contributed by atoms with van der Waals surface area (Å²) in [5.74, 6) is 1.21. The Bertz CT molecular complexity index is 613. The van der Waals surface area contributed by atoms with Gasteiger partial charge in [0.25, 0.3) is 5.69 Å². The Hall–Kier alpha value is -2.08. The molecule has 0 N–H and O–H groups in total. The van der Waals surface area contributed by atoms with E-state index in [1.165, 1.54) is 12.1 Å². The standard InChI is InChI=1S/C14H12BrNO4/c1-19-12-5-2-10(3-6-12)9-20-14-8-11(16(17)18)4-7-13(14)15/h2-8H,9H2,1H3. The van der Waals surface area contributed by atoms with E-state index in [1.807, 2.05) is 24.3 Å². The molecular weight excluding hydrogens is 326 g/mol. The van der Waals surface area contributed by atoms with Gasteiger partial charge in [0.05, 0.1) is 22.6 Å². The smallest absolute Gasteiger partial charge is 0.273 e. The van der Waals surface area contributed by atoms with E-state index in [2.05, 4.69) is 15.9 Å². The van der Waals surface area contributed by atoms with Gasteiger partial charge in [-0.15, -0.1) is 0 Å².